The van der Waals surface area contributed by atoms with E-state index in [1.165, 1.54) is 11.3 Å². The van der Waals surface area contributed by atoms with Gasteiger partial charge in [0, 0.05) is 36.3 Å². The third kappa shape index (κ3) is 4.76. The summed E-state index contributed by atoms with van der Waals surface area (Å²) in [6.45, 7) is 3.98. The second-order valence-corrected chi connectivity index (χ2v) is 7.14. The SMILES string of the molecule is C[C@H]1Cc2ccccc2N1CCCNC(=O)CCc1ccc(Cl)cc1. The van der Waals surface area contributed by atoms with Crippen LogP contribution in [0.1, 0.15) is 30.9 Å². The van der Waals surface area contributed by atoms with Gasteiger partial charge >= 0.3 is 0 Å². The fraction of sp³-hybridized carbons (Fsp3) is 0.381. The van der Waals surface area contributed by atoms with Crippen molar-refractivity contribution in [2.24, 2.45) is 0 Å². The van der Waals surface area contributed by atoms with E-state index in [-0.39, 0.29) is 5.91 Å². The molecule has 0 saturated carbocycles. The van der Waals surface area contributed by atoms with Gasteiger partial charge in [-0.1, -0.05) is 41.9 Å². The molecule has 0 aromatic heterocycles. The molecule has 0 unspecified atom stereocenters. The fourth-order valence-electron chi connectivity index (χ4n) is 3.44. The Morgan fingerprint density at radius 3 is 2.76 bits per heavy atom. The summed E-state index contributed by atoms with van der Waals surface area (Å²) >= 11 is 5.87. The molecule has 0 spiro atoms. The molecule has 4 heteroatoms. The number of carbonyl (C=O) groups is 1. The van der Waals surface area contributed by atoms with E-state index in [9.17, 15) is 4.79 Å². The normalized spacial score (nSPS) is 15.9. The van der Waals surface area contributed by atoms with Crippen molar-refractivity contribution in [3.05, 3.63) is 64.7 Å². The van der Waals surface area contributed by atoms with Gasteiger partial charge in [-0.2, -0.15) is 0 Å². The summed E-state index contributed by atoms with van der Waals surface area (Å²) in [6, 6.07) is 16.8. The van der Waals surface area contributed by atoms with Gasteiger partial charge in [-0.25, -0.2) is 0 Å². The minimum Gasteiger partial charge on any atom is -0.368 e. The molecule has 3 rings (SSSR count). The molecule has 0 radical (unpaired) electrons. The number of nitrogens with zero attached hydrogens (tertiary/aromatic N) is 1. The number of hydrogen-bond donors (Lipinski definition) is 1. The van der Waals surface area contributed by atoms with Crippen LogP contribution in [-0.2, 0) is 17.6 Å². The van der Waals surface area contributed by atoms with E-state index in [1.807, 2.05) is 24.3 Å². The second-order valence-electron chi connectivity index (χ2n) is 6.71. The summed E-state index contributed by atoms with van der Waals surface area (Å²) in [5.41, 5.74) is 3.92. The first-order chi connectivity index (χ1) is 12.1. The van der Waals surface area contributed by atoms with E-state index >= 15 is 0 Å². The van der Waals surface area contributed by atoms with Gasteiger partial charge in [0.15, 0.2) is 0 Å². The average molecular weight is 357 g/mol. The molecule has 1 heterocycles. The van der Waals surface area contributed by atoms with Gasteiger partial charge in [-0.15, -0.1) is 0 Å². The smallest absolute Gasteiger partial charge is 0.220 e. The maximum atomic E-state index is 12.0. The van der Waals surface area contributed by atoms with Gasteiger partial charge < -0.3 is 10.2 Å². The number of fused-ring (bicyclic) bond motifs is 1. The molecule has 1 N–H and O–H groups in total. The summed E-state index contributed by atoms with van der Waals surface area (Å²) in [5, 5.41) is 3.76. The fourth-order valence-corrected chi connectivity index (χ4v) is 3.57. The Morgan fingerprint density at radius 2 is 1.96 bits per heavy atom. The number of carbonyl (C=O) groups excluding carboxylic acids is 1. The van der Waals surface area contributed by atoms with Crippen LogP contribution in [0, 0.1) is 0 Å². The molecule has 1 atom stereocenters. The summed E-state index contributed by atoms with van der Waals surface area (Å²) in [7, 11) is 0. The highest BCUT2D eigenvalue weighted by molar-refractivity contribution is 6.30. The number of para-hydroxylation sites is 1. The summed E-state index contributed by atoms with van der Waals surface area (Å²) < 4.78 is 0. The van der Waals surface area contributed by atoms with Crippen LogP contribution in [0.2, 0.25) is 5.02 Å². The van der Waals surface area contributed by atoms with Crippen LogP contribution in [0.4, 0.5) is 5.69 Å². The lowest BCUT2D eigenvalue weighted by Crippen LogP contribution is -2.33. The third-order valence-corrected chi connectivity index (χ3v) is 5.05. The van der Waals surface area contributed by atoms with E-state index in [0.717, 1.165) is 42.9 Å². The number of hydrogen-bond acceptors (Lipinski definition) is 2. The Kier molecular flexibility index (Phi) is 5.98. The first-order valence-corrected chi connectivity index (χ1v) is 9.37. The molecular weight excluding hydrogens is 332 g/mol. The zero-order valence-electron chi connectivity index (χ0n) is 14.7. The quantitative estimate of drug-likeness (QED) is 0.753. The molecule has 0 aliphatic carbocycles. The molecule has 0 bridgehead atoms. The molecule has 1 aliphatic heterocycles. The summed E-state index contributed by atoms with van der Waals surface area (Å²) in [5.74, 6) is 0.116. The zero-order chi connectivity index (χ0) is 17.6. The Balaban J connectivity index is 1.37. The van der Waals surface area contributed by atoms with Crippen LogP contribution < -0.4 is 10.2 Å². The van der Waals surface area contributed by atoms with E-state index in [1.54, 1.807) is 0 Å². The van der Waals surface area contributed by atoms with Crippen molar-refractivity contribution in [3.8, 4) is 0 Å². The van der Waals surface area contributed by atoms with Crippen molar-refractivity contribution in [1.29, 1.82) is 0 Å². The van der Waals surface area contributed by atoms with Gasteiger partial charge in [-0.3, -0.25) is 4.79 Å². The average Bonchev–Trinajstić information content (AvgIpc) is 2.93. The largest absolute Gasteiger partial charge is 0.368 e. The number of rotatable bonds is 7. The lowest BCUT2D eigenvalue weighted by atomic mass is 10.1. The van der Waals surface area contributed by atoms with E-state index in [2.05, 4.69) is 41.4 Å². The molecule has 1 amide bonds. The van der Waals surface area contributed by atoms with Gasteiger partial charge in [-0.05, 0) is 55.5 Å². The van der Waals surface area contributed by atoms with E-state index < -0.39 is 0 Å². The summed E-state index contributed by atoms with van der Waals surface area (Å²) in [6.07, 6.45) is 3.35. The first-order valence-electron chi connectivity index (χ1n) is 8.99. The predicted octanol–water partition coefficient (Wildman–Crippen LogP) is 4.23. The number of aryl methyl sites for hydroxylation is 1. The highest BCUT2D eigenvalue weighted by Gasteiger charge is 2.24. The third-order valence-electron chi connectivity index (χ3n) is 4.80. The number of benzene rings is 2. The molecule has 2 aromatic carbocycles. The Labute approximate surface area is 155 Å². The van der Waals surface area contributed by atoms with Crippen LogP contribution in [0.3, 0.4) is 0 Å². The first kappa shape index (κ1) is 17.8. The number of halogens is 1. The van der Waals surface area contributed by atoms with Gasteiger partial charge in [0.2, 0.25) is 5.91 Å². The highest BCUT2D eigenvalue weighted by atomic mass is 35.5. The van der Waals surface area contributed by atoms with Crippen molar-refractivity contribution < 1.29 is 4.79 Å². The summed E-state index contributed by atoms with van der Waals surface area (Å²) in [4.78, 5) is 14.4. The van der Waals surface area contributed by atoms with Crippen molar-refractivity contribution in [2.45, 2.75) is 38.6 Å². The lowest BCUT2D eigenvalue weighted by Gasteiger charge is -2.24. The number of anilines is 1. The van der Waals surface area contributed by atoms with Crippen LogP contribution in [0.25, 0.3) is 0 Å². The van der Waals surface area contributed by atoms with Gasteiger partial charge in [0.05, 0.1) is 0 Å². The van der Waals surface area contributed by atoms with Crippen molar-refractivity contribution in [3.63, 3.8) is 0 Å². The Morgan fingerprint density at radius 1 is 1.20 bits per heavy atom. The topological polar surface area (TPSA) is 32.3 Å². The Bertz CT molecular complexity index is 714. The second kappa shape index (κ2) is 8.39. The van der Waals surface area contributed by atoms with Crippen LogP contribution in [-0.4, -0.2) is 25.0 Å². The molecule has 2 aromatic rings. The molecule has 3 nitrogen and oxygen atoms in total. The van der Waals surface area contributed by atoms with Crippen LogP contribution >= 0.6 is 11.6 Å². The highest BCUT2D eigenvalue weighted by Crippen LogP contribution is 2.31. The molecule has 0 saturated heterocycles. The maximum absolute atomic E-state index is 12.0. The molecule has 25 heavy (non-hydrogen) atoms. The Hall–Kier alpha value is -2.00. The standard InChI is InChI=1S/C21H25ClN2O/c1-16-15-18-5-2-3-6-20(18)24(16)14-4-13-23-21(25)12-9-17-7-10-19(22)11-8-17/h2-3,5-8,10-11,16H,4,9,12-15H2,1H3,(H,23,25)/t16-/m0/s1. The molecule has 0 fully saturated rings. The zero-order valence-corrected chi connectivity index (χ0v) is 15.4. The van der Waals surface area contributed by atoms with Crippen LogP contribution in [0.15, 0.2) is 48.5 Å². The van der Waals surface area contributed by atoms with Crippen LogP contribution in [0.5, 0.6) is 0 Å². The lowest BCUT2D eigenvalue weighted by molar-refractivity contribution is -0.121. The monoisotopic (exact) mass is 356 g/mol. The van der Waals surface area contributed by atoms with Crippen molar-refractivity contribution in [2.75, 3.05) is 18.0 Å². The minimum absolute atomic E-state index is 0.116. The molecule has 1 aliphatic rings. The maximum Gasteiger partial charge on any atom is 0.220 e. The van der Waals surface area contributed by atoms with Gasteiger partial charge in [0.1, 0.15) is 0 Å². The number of nitrogens with one attached hydrogen (secondary N) is 1. The van der Waals surface area contributed by atoms with Gasteiger partial charge in [0.25, 0.3) is 0 Å². The van der Waals surface area contributed by atoms with Crippen molar-refractivity contribution >= 4 is 23.2 Å². The molecule has 132 valence electrons. The minimum atomic E-state index is 0.116. The predicted molar refractivity (Wildman–Crippen MR) is 104 cm³/mol. The van der Waals surface area contributed by atoms with E-state index in [0.29, 0.717) is 12.5 Å². The van der Waals surface area contributed by atoms with E-state index in [4.69, 9.17) is 11.6 Å². The van der Waals surface area contributed by atoms with Crippen molar-refractivity contribution in [1.82, 2.24) is 5.32 Å². The number of amides is 1. The molecular formula is C21H25ClN2O.